The summed E-state index contributed by atoms with van der Waals surface area (Å²) in [6.45, 7) is 1.85. The molecule has 0 fully saturated rings. The van der Waals surface area contributed by atoms with Gasteiger partial charge in [-0.05, 0) is 31.0 Å². The molecule has 1 unspecified atom stereocenters. The summed E-state index contributed by atoms with van der Waals surface area (Å²) in [7, 11) is 1.65. The lowest BCUT2D eigenvalue weighted by Crippen LogP contribution is -2.33. The van der Waals surface area contributed by atoms with Gasteiger partial charge in [0.05, 0.1) is 5.52 Å². The lowest BCUT2D eigenvalue weighted by molar-refractivity contribution is -0.128. The van der Waals surface area contributed by atoms with Crippen LogP contribution in [0, 0.1) is 0 Å². The molecule has 2 aromatic rings. The SMILES string of the molecule is CC(O)C(=O)NCCc1ccc2oc(=O)n(C)c2c1. The molecule has 0 saturated carbocycles. The first-order chi connectivity index (χ1) is 8.99. The molecule has 19 heavy (non-hydrogen) atoms. The quantitative estimate of drug-likeness (QED) is 0.824. The average molecular weight is 264 g/mol. The molecule has 0 radical (unpaired) electrons. The molecule has 6 heteroatoms. The van der Waals surface area contributed by atoms with Gasteiger partial charge in [0, 0.05) is 13.6 Å². The second-order valence-corrected chi connectivity index (χ2v) is 4.45. The fourth-order valence-corrected chi connectivity index (χ4v) is 1.81. The molecule has 1 aromatic carbocycles. The minimum absolute atomic E-state index is 0.392. The van der Waals surface area contributed by atoms with E-state index in [0.29, 0.717) is 18.5 Å². The van der Waals surface area contributed by atoms with Crippen molar-refractivity contribution in [1.82, 2.24) is 9.88 Å². The Morgan fingerprint density at radius 1 is 1.53 bits per heavy atom. The zero-order chi connectivity index (χ0) is 14.0. The fraction of sp³-hybridized carbons (Fsp3) is 0.385. The molecule has 0 aliphatic heterocycles. The number of nitrogens with zero attached hydrogens (tertiary/aromatic N) is 1. The maximum Gasteiger partial charge on any atom is 0.419 e. The number of fused-ring (bicyclic) bond motifs is 1. The van der Waals surface area contributed by atoms with E-state index in [1.807, 2.05) is 12.1 Å². The predicted octanol–water partition coefficient (Wildman–Crippen LogP) is 0.171. The second-order valence-electron chi connectivity index (χ2n) is 4.45. The largest absolute Gasteiger partial charge is 0.419 e. The van der Waals surface area contributed by atoms with Gasteiger partial charge in [-0.15, -0.1) is 0 Å². The van der Waals surface area contributed by atoms with Gasteiger partial charge in [-0.2, -0.15) is 0 Å². The number of aryl methyl sites for hydroxylation is 1. The number of carbonyl (C=O) groups is 1. The Hall–Kier alpha value is -2.08. The first kappa shape index (κ1) is 13.4. The van der Waals surface area contributed by atoms with Crippen LogP contribution < -0.4 is 11.1 Å². The lowest BCUT2D eigenvalue weighted by atomic mass is 10.1. The van der Waals surface area contributed by atoms with Crippen LogP contribution in [0.3, 0.4) is 0 Å². The zero-order valence-corrected chi connectivity index (χ0v) is 10.8. The number of oxazole rings is 1. The summed E-state index contributed by atoms with van der Waals surface area (Å²) in [5.41, 5.74) is 2.25. The van der Waals surface area contributed by atoms with Gasteiger partial charge in [-0.25, -0.2) is 4.79 Å². The Labute approximate surface area is 109 Å². The van der Waals surface area contributed by atoms with Gasteiger partial charge in [0.25, 0.3) is 0 Å². The van der Waals surface area contributed by atoms with Crippen LogP contribution in [0.5, 0.6) is 0 Å². The normalized spacial score (nSPS) is 12.6. The highest BCUT2D eigenvalue weighted by atomic mass is 16.4. The van der Waals surface area contributed by atoms with Crippen LogP contribution in [0.25, 0.3) is 11.1 Å². The molecule has 0 aliphatic rings. The van der Waals surface area contributed by atoms with Gasteiger partial charge < -0.3 is 14.8 Å². The average Bonchev–Trinajstić information content (AvgIpc) is 2.65. The number of hydrogen-bond donors (Lipinski definition) is 2. The number of benzene rings is 1. The molecule has 2 N–H and O–H groups in total. The van der Waals surface area contributed by atoms with Crippen molar-refractivity contribution in [1.29, 1.82) is 0 Å². The van der Waals surface area contributed by atoms with E-state index in [2.05, 4.69) is 5.32 Å². The number of aromatic nitrogens is 1. The molecule has 0 aliphatic carbocycles. The number of aliphatic hydroxyl groups excluding tert-OH is 1. The zero-order valence-electron chi connectivity index (χ0n) is 10.8. The third-order valence-corrected chi connectivity index (χ3v) is 2.95. The van der Waals surface area contributed by atoms with Crippen molar-refractivity contribution in [3.8, 4) is 0 Å². The van der Waals surface area contributed by atoms with Gasteiger partial charge >= 0.3 is 5.76 Å². The van der Waals surface area contributed by atoms with Crippen molar-refractivity contribution in [2.45, 2.75) is 19.4 Å². The monoisotopic (exact) mass is 264 g/mol. The standard InChI is InChI=1S/C13H16N2O4/c1-8(16)12(17)14-6-5-9-3-4-11-10(7-9)15(2)13(18)19-11/h3-4,7-8,16H,5-6H2,1-2H3,(H,14,17). The summed E-state index contributed by atoms with van der Waals surface area (Å²) in [6.07, 6.45) is -0.384. The number of rotatable bonds is 4. The Morgan fingerprint density at radius 2 is 2.26 bits per heavy atom. The van der Waals surface area contributed by atoms with Crippen molar-refractivity contribution >= 4 is 17.0 Å². The smallest absolute Gasteiger partial charge is 0.408 e. The topological polar surface area (TPSA) is 84.5 Å². The summed E-state index contributed by atoms with van der Waals surface area (Å²) in [5.74, 6) is -0.786. The van der Waals surface area contributed by atoms with Crippen molar-refractivity contribution in [2.75, 3.05) is 6.54 Å². The Kier molecular flexibility index (Phi) is 3.71. The summed E-state index contributed by atoms with van der Waals surface area (Å²) in [5, 5.41) is 11.7. The highest BCUT2D eigenvalue weighted by Crippen LogP contribution is 2.14. The molecular formula is C13H16N2O4. The van der Waals surface area contributed by atoms with Crippen molar-refractivity contribution < 1.29 is 14.3 Å². The lowest BCUT2D eigenvalue weighted by Gasteiger charge is -2.07. The van der Waals surface area contributed by atoms with E-state index in [1.54, 1.807) is 13.1 Å². The van der Waals surface area contributed by atoms with E-state index >= 15 is 0 Å². The van der Waals surface area contributed by atoms with Crippen LogP contribution in [-0.4, -0.2) is 28.2 Å². The minimum Gasteiger partial charge on any atom is -0.408 e. The molecule has 2 rings (SSSR count). The Bertz CT molecular complexity index is 654. The Morgan fingerprint density at radius 3 is 2.95 bits per heavy atom. The van der Waals surface area contributed by atoms with Gasteiger partial charge in [0.15, 0.2) is 5.58 Å². The molecule has 0 saturated heterocycles. The Balaban J connectivity index is 2.07. The fourth-order valence-electron chi connectivity index (χ4n) is 1.81. The number of hydrogen-bond acceptors (Lipinski definition) is 4. The van der Waals surface area contributed by atoms with Gasteiger partial charge in [0.2, 0.25) is 5.91 Å². The van der Waals surface area contributed by atoms with E-state index < -0.39 is 17.8 Å². The van der Waals surface area contributed by atoms with Crippen molar-refractivity contribution in [2.24, 2.45) is 7.05 Å². The van der Waals surface area contributed by atoms with Crippen LogP contribution in [0.4, 0.5) is 0 Å². The third kappa shape index (κ3) is 2.85. The van der Waals surface area contributed by atoms with E-state index in [1.165, 1.54) is 11.5 Å². The molecule has 0 bridgehead atoms. The molecule has 1 aromatic heterocycles. The van der Waals surface area contributed by atoms with Crippen LogP contribution in [-0.2, 0) is 18.3 Å². The maximum absolute atomic E-state index is 11.3. The molecule has 102 valence electrons. The van der Waals surface area contributed by atoms with Crippen LogP contribution in [0.2, 0.25) is 0 Å². The van der Waals surface area contributed by atoms with Crippen molar-refractivity contribution in [3.63, 3.8) is 0 Å². The van der Waals surface area contributed by atoms with Crippen LogP contribution in [0.15, 0.2) is 27.4 Å². The maximum atomic E-state index is 11.3. The van der Waals surface area contributed by atoms with E-state index in [-0.39, 0.29) is 0 Å². The highest BCUT2D eigenvalue weighted by molar-refractivity contribution is 5.80. The molecule has 1 amide bonds. The van der Waals surface area contributed by atoms with Crippen molar-refractivity contribution in [3.05, 3.63) is 34.3 Å². The van der Waals surface area contributed by atoms with E-state index in [9.17, 15) is 9.59 Å². The minimum atomic E-state index is -1.00. The third-order valence-electron chi connectivity index (χ3n) is 2.95. The summed E-state index contributed by atoms with van der Waals surface area (Å²) < 4.78 is 6.47. The highest BCUT2D eigenvalue weighted by Gasteiger charge is 2.08. The summed E-state index contributed by atoms with van der Waals surface area (Å²) in [6, 6.07) is 5.44. The molecular weight excluding hydrogens is 248 g/mol. The number of amides is 1. The molecule has 1 atom stereocenters. The van der Waals surface area contributed by atoms with Gasteiger partial charge in [-0.3, -0.25) is 9.36 Å². The number of nitrogens with one attached hydrogen (secondary N) is 1. The molecule has 0 spiro atoms. The number of aliphatic hydroxyl groups is 1. The number of carbonyl (C=O) groups excluding carboxylic acids is 1. The first-order valence-corrected chi connectivity index (χ1v) is 6.03. The van der Waals surface area contributed by atoms with Crippen LogP contribution >= 0.6 is 0 Å². The first-order valence-electron chi connectivity index (χ1n) is 6.03. The van der Waals surface area contributed by atoms with Gasteiger partial charge in [-0.1, -0.05) is 6.07 Å². The van der Waals surface area contributed by atoms with Crippen LogP contribution in [0.1, 0.15) is 12.5 Å². The molecule has 6 nitrogen and oxygen atoms in total. The predicted molar refractivity (Wildman–Crippen MR) is 69.8 cm³/mol. The molecule has 1 heterocycles. The van der Waals surface area contributed by atoms with Gasteiger partial charge in [0.1, 0.15) is 6.10 Å². The summed E-state index contributed by atoms with van der Waals surface area (Å²) >= 11 is 0. The van der Waals surface area contributed by atoms with E-state index in [4.69, 9.17) is 9.52 Å². The van der Waals surface area contributed by atoms with E-state index in [0.717, 1.165) is 11.1 Å². The second kappa shape index (κ2) is 5.27. The summed E-state index contributed by atoms with van der Waals surface area (Å²) in [4.78, 5) is 22.5.